The molecule has 0 bridgehead atoms. The van der Waals surface area contributed by atoms with E-state index in [1.165, 1.54) is 6.07 Å². The van der Waals surface area contributed by atoms with Gasteiger partial charge in [0.05, 0.1) is 9.50 Å². The molecule has 0 aliphatic carbocycles. The van der Waals surface area contributed by atoms with E-state index in [1.807, 2.05) is 0 Å². The Balaban J connectivity index is 3.31. The lowest BCUT2D eigenvalue weighted by atomic mass is 10.1. The van der Waals surface area contributed by atoms with Gasteiger partial charge in [-0.3, -0.25) is 0 Å². The summed E-state index contributed by atoms with van der Waals surface area (Å²) >= 11 is 8.32. The van der Waals surface area contributed by atoms with E-state index in [-0.39, 0.29) is 21.7 Å². The molecule has 0 atom stereocenters. The van der Waals surface area contributed by atoms with Crippen molar-refractivity contribution in [3.63, 3.8) is 0 Å². The zero-order valence-corrected chi connectivity index (χ0v) is 8.69. The van der Waals surface area contributed by atoms with Crippen molar-refractivity contribution in [2.45, 2.75) is 6.42 Å². The molecule has 5 heteroatoms. The molecule has 0 heterocycles. The molecular formula is C8H5BrClFO2. The van der Waals surface area contributed by atoms with E-state index in [0.717, 1.165) is 0 Å². The van der Waals surface area contributed by atoms with Gasteiger partial charge < -0.3 is 9.90 Å². The van der Waals surface area contributed by atoms with E-state index in [0.29, 0.717) is 11.8 Å². The minimum absolute atomic E-state index is 0.00440. The van der Waals surface area contributed by atoms with Crippen molar-refractivity contribution >= 4 is 33.8 Å². The first-order valence-corrected chi connectivity index (χ1v) is 4.54. The normalized spacial score (nSPS) is 10.1. The minimum atomic E-state index is -0.728. The summed E-state index contributed by atoms with van der Waals surface area (Å²) in [6.07, 6.45) is 0.611. The fourth-order valence-corrected chi connectivity index (χ4v) is 1.69. The average Bonchev–Trinajstić information content (AvgIpc) is 2.11. The van der Waals surface area contributed by atoms with Crippen molar-refractivity contribution in [3.8, 4) is 5.75 Å². The molecule has 0 aliphatic heterocycles. The minimum Gasteiger partial charge on any atom is -0.506 e. The van der Waals surface area contributed by atoms with E-state index >= 15 is 0 Å². The standard InChI is InChI=1S/C8H5BrClFO2/c9-6-7(11)5(10)3-4(1-2-12)8(6)13/h2-3,13H,1H2. The lowest BCUT2D eigenvalue weighted by Gasteiger charge is -2.05. The van der Waals surface area contributed by atoms with Crippen LogP contribution in [0, 0.1) is 5.82 Å². The summed E-state index contributed by atoms with van der Waals surface area (Å²) in [7, 11) is 0. The molecule has 2 nitrogen and oxygen atoms in total. The molecule has 0 unspecified atom stereocenters. The lowest BCUT2D eigenvalue weighted by molar-refractivity contribution is -0.107. The van der Waals surface area contributed by atoms with E-state index in [4.69, 9.17) is 11.6 Å². The Bertz CT molecular complexity index is 354. The van der Waals surface area contributed by atoms with Crippen molar-refractivity contribution < 1.29 is 14.3 Å². The van der Waals surface area contributed by atoms with Gasteiger partial charge in [-0.2, -0.15) is 0 Å². The number of carbonyl (C=O) groups is 1. The van der Waals surface area contributed by atoms with E-state index in [2.05, 4.69) is 15.9 Å². The number of hydrogen-bond acceptors (Lipinski definition) is 2. The van der Waals surface area contributed by atoms with Gasteiger partial charge in [0, 0.05) is 12.0 Å². The first-order chi connectivity index (χ1) is 6.07. The second kappa shape index (κ2) is 4.07. The molecule has 0 aromatic heterocycles. The van der Waals surface area contributed by atoms with E-state index < -0.39 is 5.82 Å². The largest absolute Gasteiger partial charge is 0.506 e. The lowest BCUT2D eigenvalue weighted by Crippen LogP contribution is -1.91. The fraction of sp³-hybridized carbons (Fsp3) is 0.125. The van der Waals surface area contributed by atoms with Gasteiger partial charge in [0.25, 0.3) is 0 Å². The van der Waals surface area contributed by atoms with Crippen LogP contribution in [0.3, 0.4) is 0 Å². The Kier molecular flexibility index (Phi) is 3.27. The Hall–Kier alpha value is -0.610. The molecule has 1 aromatic carbocycles. The van der Waals surface area contributed by atoms with Crippen LogP contribution in [-0.4, -0.2) is 11.4 Å². The zero-order valence-electron chi connectivity index (χ0n) is 6.35. The van der Waals surface area contributed by atoms with Crippen LogP contribution in [0.4, 0.5) is 4.39 Å². The van der Waals surface area contributed by atoms with Gasteiger partial charge in [0.1, 0.15) is 12.0 Å². The first kappa shape index (κ1) is 10.5. The highest BCUT2D eigenvalue weighted by atomic mass is 79.9. The predicted octanol–water partition coefficient (Wildman–Crippen LogP) is 2.69. The van der Waals surface area contributed by atoms with Gasteiger partial charge >= 0.3 is 0 Å². The van der Waals surface area contributed by atoms with Crippen LogP contribution >= 0.6 is 27.5 Å². The second-order valence-electron chi connectivity index (χ2n) is 2.36. The number of aldehydes is 1. The molecule has 1 rings (SSSR count). The summed E-state index contributed by atoms with van der Waals surface area (Å²) in [5, 5.41) is 9.21. The highest BCUT2D eigenvalue weighted by molar-refractivity contribution is 9.10. The zero-order chi connectivity index (χ0) is 10.0. The van der Waals surface area contributed by atoms with Crippen molar-refractivity contribution in [2.24, 2.45) is 0 Å². The van der Waals surface area contributed by atoms with Crippen LogP contribution in [0.1, 0.15) is 5.56 Å². The highest BCUT2D eigenvalue weighted by Crippen LogP contribution is 2.34. The summed E-state index contributed by atoms with van der Waals surface area (Å²) in [5.74, 6) is -1.01. The van der Waals surface area contributed by atoms with Gasteiger partial charge in [0.2, 0.25) is 0 Å². The van der Waals surface area contributed by atoms with E-state index in [1.54, 1.807) is 0 Å². The van der Waals surface area contributed by atoms with Crippen LogP contribution in [0.2, 0.25) is 5.02 Å². The summed E-state index contributed by atoms with van der Waals surface area (Å²) in [6, 6.07) is 1.23. The molecule has 0 fully saturated rings. The van der Waals surface area contributed by atoms with Crippen LogP contribution < -0.4 is 0 Å². The quantitative estimate of drug-likeness (QED) is 0.661. The molecule has 0 saturated heterocycles. The number of rotatable bonds is 2. The Labute approximate surface area is 87.5 Å². The molecule has 0 aliphatic rings. The molecule has 70 valence electrons. The van der Waals surface area contributed by atoms with Gasteiger partial charge in [-0.15, -0.1) is 0 Å². The van der Waals surface area contributed by atoms with Gasteiger partial charge in [-0.1, -0.05) is 11.6 Å². The SMILES string of the molecule is O=CCc1cc(Cl)c(F)c(Br)c1O. The van der Waals surface area contributed by atoms with Crippen LogP contribution in [-0.2, 0) is 11.2 Å². The van der Waals surface area contributed by atoms with Crippen LogP contribution in [0.5, 0.6) is 5.75 Å². The fourth-order valence-electron chi connectivity index (χ4n) is 0.880. The number of hydrogen-bond donors (Lipinski definition) is 1. The topological polar surface area (TPSA) is 37.3 Å². The van der Waals surface area contributed by atoms with E-state index in [9.17, 15) is 14.3 Å². The number of carbonyl (C=O) groups excluding carboxylic acids is 1. The molecule has 0 spiro atoms. The summed E-state index contributed by atoms with van der Waals surface area (Å²) < 4.78 is 12.9. The summed E-state index contributed by atoms with van der Waals surface area (Å²) in [6.45, 7) is 0. The number of benzene rings is 1. The highest BCUT2D eigenvalue weighted by Gasteiger charge is 2.14. The third-order valence-corrected chi connectivity index (χ3v) is 2.52. The summed E-state index contributed by atoms with van der Waals surface area (Å²) in [4.78, 5) is 10.2. The maximum Gasteiger partial charge on any atom is 0.159 e. The van der Waals surface area contributed by atoms with Gasteiger partial charge in [-0.25, -0.2) is 4.39 Å². The maximum absolute atomic E-state index is 13.0. The van der Waals surface area contributed by atoms with Gasteiger partial charge in [0.15, 0.2) is 5.82 Å². The Morgan fingerprint density at radius 3 is 2.85 bits per heavy atom. The van der Waals surface area contributed by atoms with Crippen LogP contribution in [0.15, 0.2) is 10.5 Å². The molecular weight excluding hydrogens is 262 g/mol. The third kappa shape index (κ3) is 2.00. The van der Waals surface area contributed by atoms with Crippen molar-refractivity contribution in [2.75, 3.05) is 0 Å². The number of phenols is 1. The Morgan fingerprint density at radius 2 is 2.31 bits per heavy atom. The van der Waals surface area contributed by atoms with Crippen molar-refractivity contribution in [1.82, 2.24) is 0 Å². The number of halogens is 3. The molecule has 1 N–H and O–H groups in total. The average molecular weight is 267 g/mol. The summed E-state index contributed by atoms with van der Waals surface area (Å²) in [5.41, 5.74) is 0.299. The monoisotopic (exact) mass is 266 g/mol. The molecule has 0 radical (unpaired) electrons. The predicted molar refractivity (Wildman–Crippen MR) is 50.5 cm³/mol. The third-order valence-electron chi connectivity index (χ3n) is 1.52. The first-order valence-electron chi connectivity index (χ1n) is 3.37. The Morgan fingerprint density at radius 1 is 1.69 bits per heavy atom. The maximum atomic E-state index is 13.0. The molecule has 0 saturated carbocycles. The molecule has 1 aromatic rings. The molecule has 0 amide bonds. The number of aromatic hydroxyl groups is 1. The van der Waals surface area contributed by atoms with Crippen molar-refractivity contribution in [3.05, 3.63) is 26.9 Å². The second-order valence-corrected chi connectivity index (χ2v) is 3.57. The van der Waals surface area contributed by atoms with Crippen molar-refractivity contribution in [1.29, 1.82) is 0 Å². The smallest absolute Gasteiger partial charge is 0.159 e. The van der Waals surface area contributed by atoms with Gasteiger partial charge in [-0.05, 0) is 22.0 Å². The molecule has 13 heavy (non-hydrogen) atoms. The van der Waals surface area contributed by atoms with Crippen LogP contribution in [0.25, 0.3) is 0 Å². The number of phenolic OH excluding ortho intramolecular Hbond substituents is 1.